The van der Waals surface area contributed by atoms with Crippen LogP contribution in [-0.4, -0.2) is 32.8 Å². The quantitative estimate of drug-likeness (QED) is 0.710. The van der Waals surface area contributed by atoms with Crippen LogP contribution >= 0.6 is 0 Å². The van der Waals surface area contributed by atoms with E-state index in [1.165, 1.54) is 6.26 Å². The Kier molecular flexibility index (Phi) is 5.43. The van der Waals surface area contributed by atoms with E-state index in [9.17, 15) is 13.2 Å². The number of hydrogen-bond acceptors (Lipinski definition) is 2. The Morgan fingerprint density at radius 1 is 1.32 bits per heavy atom. The molecule has 0 aliphatic rings. The molecule has 0 aliphatic heterocycles. The van der Waals surface area contributed by atoms with Gasteiger partial charge in [0.25, 0.3) is 8.32 Å². The third-order valence-corrected chi connectivity index (χ3v) is 5.10. The van der Waals surface area contributed by atoms with Crippen molar-refractivity contribution >= 4 is 13.9 Å². The van der Waals surface area contributed by atoms with Crippen LogP contribution in [0.3, 0.4) is 0 Å². The van der Waals surface area contributed by atoms with Gasteiger partial charge in [-0.25, -0.2) is 0 Å². The standard InChI is InChI=1S/C13H19F3O2Si/c1-11(12-5-4-6-17-12)7-13(2,3)18-19(8-14,9-15)10-16/h4-7H,8-10H2,1-3H3. The van der Waals surface area contributed by atoms with Crippen LogP contribution in [0.1, 0.15) is 26.5 Å². The minimum atomic E-state index is -3.58. The molecule has 0 radical (unpaired) electrons. The van der Waals surface area contributed by atoms with Crippen molar-refractivity contribution in [2.75, 3.05) is 18.9 Å². The van der Waals surface area contributed by atoms with Crippen LogP contribution in [0.2, 0.25) is 0 Å². The zero-order chi connectivity index (χ0) is 14.5. The molecule has 1 aromatic rings. The molecule has 1 heterocycles. The molecule has 0 bridgehead atoms. The number of halogens is 3. The van der Waals surface area contributed by atoms with Gasteiger partial charge in [0.1, 0.15) is 24.7 Å². The summed E-state index contributed by atoms with van der Waals surface area (Å²) in [7, 11) is -3.58. The highest BCUT2D eigenvalue weighted by Gasteiger charge is 2.41. The van der Waals surface area contributed by atoms with Crippen molar-refractivity contribution in [3.63, 3.8) is 0 Å². The average Bonchev–Trinajstić information content (AvgIpc) is 2.89. The SMILES string of the molecule is CC(=CC(C)(C)O[Si](CF)(CF)CF)c1ccco1. The first-order valence-electron chi connectivity index (χ1n) is 5.99. The maximum absolute atomic E-state index is 12.9. The summed E-state index contributed by atoms with van der Waals surface area (Å²) in [6, 6.07) is 3.51. The van der Waals surface area contributed by atoms with Gasteiger partial charge < -0.3 is 8.84 Å². The molecule has 0 amide bonds. The molecule has 0 fully saturated rings. The molecule has 108 valence electrons. The van der Waals surface area contributed by atoms with Gasteiger partial charge in [0.15, 0.2) is 0 Å². The summed E-state index contributed by atoms with van der Waals surface area (Å²) in [6.45, 7) is 5.11. The van der Waals surface area contributed by atoms with Gasteiger partial charge in [0, 0.05) is 0 Å². The van der Waals surface area contributed by atoms with Crippen molar-refractivity contribution in [2.24, 2.45) is 0 Å². The number of allylic oxidation sites excluding steroid dienone is 1. The van der Waals surface area contributed by atoms with E-state index in [4.69, 9.17) is 8.84 Å². The van der Waals surface area contributed by atoms with Crippen LogP contribution in [0.25, 0.3) is 5.57 Å². The van der Waals surface area contributed by atoms with Gasteiger partial charge in [-0.2, -0.15) is 0 Å². The molecular weight excluding hydrogens is 273 g/mol. The third kappa shape index (κ3) is 4.24. The highest BCUT2D eigenvalue weighted by atomic mass is 28.4. The van der Waals surface area contributed by atoms with Gasteiger partial charge in [-0.1, -0.05) is 0 Å². The van der Waals surface area contributed by atoms with Crippen molar-refractivity contribution in [3.05, 3.63) is 30.2 Å². The van der Waals surface area contributed by atoms with Crippen molar-refractivity contribution in [3.8, 4) is 0 Å². The number of rotatable bonds is 7. The Labute approximate surface area is 112 Å². The fourth-order valence-corrected chi connectivity index (χ4v) is 3.42. The van der Waals surface area contributed by atoms with E-state index in [-0.39, 0.29) is 0 Å². The van der Waals surface area contributed by atoms with E-state index < -0.39 is 32.8 Å². The molecule has 0 saturated heterocycles. The summed E-state index contributed by atoms with van der Waals surface area (Å²) in [4.78, 5) is 0. The van der Waals surface area contributed by atoms with Crippen LogP contribution in [0, 0.1) is 0 Å². The van der Waals surface area contributed by atoms with Crippen LogP contribution in [-0.2, 0) is 4.43 Å². The summed E-state index contributed by atoms with van der Waals surface area (Å²) >= 11 is 0. The minimum Gasteiger partial charge on any atom is -0.465 e. The van der Waals surface area contributed by atoms with Crippen molar-refractivity contribution in [1.82, 2.24) is 0 Å². The predicted octanol–water partition coefficient (Wildman–Crippen LogP) is 3.95. The van der Waals surface area contributed by atoms with E-state index in [1.807, 2.05) is 0 Å². The fourth-order valence-electron chi connectivity index (χ4n) is 1.87. The summed E-state index contributed by atoms with van der Waals surface area (Å²) in [5, 5.41) is 0. The lowest BCUT2D eigenvalue weighted by Crippen LogP contribution is -2.52. The Balaban J connectivity index is 2.89. The molecule has 0 spiro atoms. The van der Waals surface area contributed by atoms with Crippen LogP contribution in [0.15, 0.2) is 28.9 Å². The van der Waals surface area contributed by atoms with E-state index in [0.717, 1.165) is 5.57 Å². The van der Waals surface area contributed by atoms with E-state index >= 15 is 0 Å². The predicted molar refractivity (Wildman–Crippen MR) is 71.2 cm³/mol. The molecule has 1 rings (SSSR count). The second kappa shape index (κ2) is 6.43. The summed E-state index contributed by atoms with van der Waals surface area (Å²) in [5.74, 6) is 0.643. The third-order valence-electron chi connectivity index (χ3n) is 2.68. The second-order valence-corrected chi connectivity index (χ2v) is 8.47. The van der Waals surface area contributed by atoms with Gasteiger partial charge in [0.2, 0.25) is 0 Å². The molecule has 0 unspecified atom stereocenters. The maximum atomic E-state index is 12.9. The fraction of sp³-hybridized carbons (Fsp3) is 0.538. The Hall–Kier alpha value is -1.01. The zero-order valence-corrected chi connectivity index (χ0v) is 12.4. The topological polar surface area (TPSA) is 22.4 Å². The van der Waals surface area contributed by atoms with Gasteiger partial charge in [-0.15, -0.1) is 0 Å². The molecule has 0 aromatic carbocycles. The largest absolute Gasteiger partial charge is 0.465 e. The van der Waals surface area contributed by atoms with Crippen LogP contribution < -0.4 is 0 Å². The lowest BCUT2D eigenvalue weighted by atomic mass is 10.1. The van der Waals surface area contributed by atoms with E-state index in [1.54, 1.807) is 39.0 Å². The smallest absolute Gasteiger partial charge is 0.285 e. The Bertz CT molecular complexity index is 403. The van der Waals surface area contributed by atoms with Gasteiger partial charge in [-0.05, 0) is 44.6 Å². The Morgan fingerprint density at radius 2 is 1.89 bits per heavy atom. The van der Waals surface area contributed by atoms with E-state index in [2.05, 4.69) is 0 Å². The lowest BCUT2D eigenvalue weighted by Gasteiger charge is -2.33. The Morgan fingerprint density at radius 3 is 2.32 bits per heavy atom. The molecule has 0 aliphatic carbocycles. The summed E-state index contributed by atoms with van der Waals surface area (Å²) in [6.07, 6.45) is 0.00401. The molecule has 1 aromatic heterocycles. The molecule has 0 N–H and O–H groups in total. The van der Waals surface area contributed by atoms with Gasteiger partial charge in [-0.3, -0.25) is 13.2 Å². The lowest BCUT2D eigenvalue weighted by molar-refractivity contribution is 0.130. The zero-order valence-electron chi connectivity index (χ0n) is 11.4. The monoisotopic (exact) mass is 292 g/mol. The average molecular weight is 292 g/mol. The van der Waals surface area contributed by atoms with Crippen LogP contribution in [0.4, 0.5) is 13.2 Å². The van der Waals surface area contributed by atoms with Crippen molar-refractivity contribution in [2.45, 2.75) is 26.4 Å². The number of hydrogen-bond donors (Lipinski definition) is 0. The highest BCUT2D eigenvalue weighted by Crippen LogP contribution is 2.25. The first-order valence-corrected chi connectivity index (χ1v) is 8.52. The van der Waals surface area contributed by atoms with Gasteiger partial charge in [0.05, 0.1) is 11.9 Å². The first-order chi connectivity index (χ1) is 8.88. The molecule has 6 heteroatoms. The number of furan rings is 1. The highest BCUT2D eigenvalue weighted by molar-refractivity contribution is 6.73. The number of alkyl halides is 3. The normalized spacial score (nSPS) is 13.9. The molecule has 19 heavy (non-hydrogen) atoms. The van der Waals surface area contributed by atoms with Gasteiger partial charge >= 0.3 is 0 Å². The molecule has 0 atom stereocenters. The van der Waals surface area contributed by atoms with Crippen molar-refractivity contribution in [1.29, 1.82) is 0 Å². The minimum absolute atomic E-state index is 0.643. The molecule has 0 saturated carbocycles. The molecular formula is C13H19F3O2Si. The van der Waals surface area contributed by atoms with Crippen molar-refractivity contribution < 1.29 is 22.0 Å². The molecule has 2 nitrogen and oxygen atoms in total. The summed E-state index contributed by atoms with van der Waals surface area (Å²) in [5.41, 5.74) is -0.178. The summed E-state index contributed by atoms with van der Waals surface area (Å²) < 4.78 is 49.3. The van der Waals surface area contributed by atoms with E-state index in [0.29, 0.717) is 5.76 Å². The second-order valence-electron chi connectivity index (χ2n) is 5.09. The first kappa shape index (κ1) is 16.0. The van der Waals surface area contributed by atoms with Crippen LogP contribution in [0.5, 0.6) is 0 Å². The maximum Gasteiger partial charge on any atom is 0.285 e.